The van der Waals surface area contributed by atoms with Crippen molar-refractivity contribution >= 4 is 17.6 Å². The quantitative estimate of drug-likeness (QED) is 0.646. The summed E-state index contributed by atoms with van der Waals surface area (Å²) in [6, 6.07) is 5.81. The summed E-state index contributed by atoms with van der Waals surface area (Å²) in [4.78, 5) is 10.2. The molecular weight excluding hydrogens is 210 g/mol. The van der Waals surface area contributed by atoms with Gasteiger partial charge >= 0.3 is 16.5 Å². The van der Waals surface area contributed by atoms with Crippen molar-refractivity contribution in [2.45, 2.75) is 0 Å². The molecular formula is C7H4ClNiO2+. The van der Waals surface area contributed by atoms with Gasteiger partial charge in [-0.3, -0.25) is 0 Å². The Kier molecular flexibility index (Phi) is 4.16. The van der Waals surface area contributed by atoms with Crippen LogP contribution in [0.2, 0.25) is 5.02 Å². The molecule has 0 aliphatic heterocycles. The molecule has 2 nitrogen and oxygen atoms in total. The molecule has 1 aromatic rings. The van der Waals surface area contributed by atoms with Crippen molar-refractivity contribution in [3.05, 3.63) is 34.9 Å². The van der Waals surface area contributed by atoms with E-state index in [2.05, 4.69) is 0 Å². The fourth-order valence-corrected chi connectivity index (χ4v) is 0.712. The van der Waals surface area contributed by atoms with E-state index in [1.54, 1.807) is 0 Å². The van der Waals surface area contributed by atoms with Crippen molar-refractivity contribution in [3.8, 4) is 0 Å². The van der Waals surface area contributed by atoms with Gasteiger partial charge in [-0.15, -0.1) is 0 Å². The van der Waals surface area contributed by atoms with Crippen LogP contribution in [0.1, 0.15) is 10.4 Å². The third-order valence-electron chi connectivity index (χ3n) is 1.08. The van der Waals surface area contributed by atoms with Crippen LogP contribution in [0.25, 0.3) is 0 Å². The molecule has 0 aliphatic rings. The number of hydrogen-bond donors (Lipinski definition) is 0. The summed E-state index contributed by atoms with van der Waals surface area (Å²) >= 11 is 5.50. The molecule has 0 bridgehead atoms. The fraction of sp³-hybridized carbons (Fsp3) is 0. The number of benzene rings is 1. The van der Waals surface area contributed by atoms with Gasteiger partial charge in [0, 0.05) is 5.02 Å². The molecule has 0 radical (unpaired) electrons. The number of halogens is 1. The molecule has 1 aromatic carbocycles. The van der Waals surface area contributed by atoms with Crippen molar-refractivity contribution in [2.75, 3.05) is 0 Å². The minimum absolute atomic E-state index is 0. The molecule has 0 spiro atoms. The van der Waals surface area contributed by atoms with E-state index >= 15 is 0 Å². The molecule has 4 heteroatoms. The number of carbonyl (C=O) groups excluding carboxylic acids is 1. The zero-order valence-corrected chi connectivity index (χ0v) is 7.06. The van der Waals surface area contributed by atoms with E-state index in [0.29, 0.717) is 5.02 Å². The van der Waals surface area contributed by atoms with Gasteiger partial charge in [0.15, 0.2) is 0 Å². The molecule has 0 saturated carbocycles. The second kappa shape index (κ2) is 4.37. The first-order valence-corrected chi connectivity index (χ1v) is 3.05. The van der Waals surface area contributed by atoms with Crippen molar-refractivity contribution < 1.29 is 26.4 Å². The zero-order valence-electron chi connectivity index (χ0n) is 5.32. The van der Waals surface area contributed by atoms with Gasteiger partial charge in [0.05, 0.1) is 5.97 Å². The Morgan fingerprint density at radius 1 is 1.27 bits per heavy atom. The second-order valence-electron chi connectivity index (χ2n) is 1.79. The Bertz CT molecular complexity index is 245. The van der Waals surface area contributed by atoms with Crippen LogP contribution in [0.3, 0.4) is 0 Å². The van der Waals surface area contributed by atoms with Crippen LogP contribution < -0.4 is 5.11 Å². The van der Waals surface area contributed by atoms with Gasteiger partial charge < -0.3 is 9.90 Å². The SMILES string of the molecule is O=C([O-])c1ccc(Cl)cc1.[Ni+2]. The maximum atomic E-state index is 10.2. The van der Waals surface area contributed by atoms with Crippen LogP contribution in [0.15, 0.2) is 24.3 Å². The third-order valence-corrected chi connectivity index (χ3v) is 1.33. The molecule has 1 rings (SSSR count). The number of carboxylic acids is 1. The summed E-state index contributed by atoms with van der Waals surface area (Å²) in [5, 5.41) is 10.7. The van der Waals surface area contributed by atoms with Gasteiger partial charge in [-0.2, -0.15) is 0 Å². The molecule has 60 valence electrons. The van der Waals surface area contributed by atoms with Crippen LogP contribution in [0.5, 0.6) is 0 Å². The fourth-order valence-electron chi connectivity index (χ4n) is 0.586. The van der Waals surface area contributed by atoms with E-state index in [1.165, 1.54) is 24.3 Å². The number of carboxylic acid groups (broad SMARTS) is 1. The summed E-state index contributed by atoms with van der Waals surface area (Å²) in [7, 11) is 0. The molecule has 0 amide bonds. The normalized spacial score (nSPS) is 8.45. The van der Waals surface area contributed by atoms with Gasteiger partial charge in [0.1, 0.15) is 0 Å². The predicted molar refractivity (Wildman–Crippen MR) is 35.8 cm³/mol. The van der Waals surface area contributed by atoms with E-state index in [1.807, 2.05) is 0 Å². The first-order chi connectivity index (χ1) is 4.70. The van der Waals surface area contributed by atoms with Gasteiger partial charge in [0.2, 0.25) is 0 Å². The van der Waals surface area contributed by atoms with Crippen LogP contribution in [0, 0.1) is 0 Å². The second-order valence-corrected chi connectivity index (χ2v) is 2.23. The molecule has 0 aliphatic carbocycles. The summed E-state index contributed by atoms with van der Waals surface area (Å²) < 4.78 is 0. The van der Waals surface area contributed by atoms with Crippen molar-refractivity contribution in [1.29, 1.82) is 0 Å². The monoisotopic (exact) mass is 213 g/mol. The molecule has 0 unspecified atom stereocenters. The minimum atomic E-state index is -1.18. The van der Waals surface area contributed by atoms with Gasteiger partial charge in [-0.1, -0.05) is 23.7 Å². The molecule has 0 N–H and O–H groups in total. The topological polar surface area (TPSA) is 40.1 Å². The van der Waals surface area contributed by atoms with Crippen molar-refractivity contribution in [2.24, 2.45) is 0 Å². The van der Waals surface area contributed by atoms with Gasteiger partial charge in [-0.05, 0) is 17.7 Å². The van der Waals surface area contributed by atoms with Gasteiger partial charge in [0.25, 0.3) is 0 Å². The average molecular weight is 214 g/mol. The summed E-state index contributed by atoms with van der Waals surface area (Å²) in [5.41, 5.74) is 0.143. The van der Waals surface area contributed by atoms with E-state index < -0.39 is 5.97 Å². The molecule has 0 atom stereocenters. The van der Waals surface area contributed by atoms with Crippen molar-refractivity contribution in [3.63, 3.8) is 0 Å². The Balaban J connectivity index is 0.000001000. The molecule has 0 aromatic heterocycles. The third kappa shape index (κ3) is 2.91. The number of aromatic carboxylic acids is 1. The largest absolute Gasteiger partial charge is 2.00 e. The maximum absolute atomic E-state index is 10.2. The Labute approximate surface area is 79.1 Å². The van der Waals surface area contributed by atoms with Crippen molar-refractivity contribution in [1.82, 2.24) is 0 Å². The number of hydrogen-bond acceptors (Lipinski definition) is 2. The Hall–Kier alpha value is -0.526. The first-order valence-electron chi connectivity index (χ1n) is 2.67. The number of rotatable bonds is 1. The molecule has 0 heterocycles. The summed E-state index contributed by atoms with van der Waals surface area (Å²) in [6.45, 7) is 0. The average Bonchev–Trinajstić information content (AvgIpc) is 1.88. The Morgan fingerprint density at radius 3 is 2.09 bits per heavy atom. The summed E-state index contributed by atoms with van der Waals surface area (Å²) in [6.07, 6.45) is 0. The minimum Gasteiger partial charge on any atom is -0.545 e. The number of carbonyl (C=O) groups is 1. The molecule has 11 heavy (non-hydrogen) atoms. The van der Waals surface area contributed by atoms with Crippen LogP contribution in [-0.4, -0.2) is 5.97 Å². The van der Waals surface area contributed by atoms with Crippen LogP contribution >= 0.6 is 11.6 Å². The van der Waals surface area contributed by atoms with Crippen LogP contribution in [-0.2, 0) is 16.5 Å². The van der Waals surface area contributed by atoms with E-state index in [4.69, 9.17) is 11.6 Å². The Morgan fingerprint density at radius 2 is 1.73 bits per heavy atom. The standard InChI is InChI=1S/C7H5ClO2.Ni/c8-6-3-1-5(2-4-6)7(9)10;/h1-4H,(H,9,10);/q;+2/p-1. The van der Waals surface area contributed by atoms with Gasteiger partial charge in [-0.25, -0.2) is 0 Å². The molecule has 0 saturated heterocycles. The zero-order chi connectivity index (χ0) is 7.56. The summed E-state index contributed by atoms with van der Waals surface area (Å²) in [5.74, 6) is -1.18. The van der Waals surface area contributed by atoms with E-state index in [0.717, 1.165) is 0 Å². The maximum Gasteiger partial charge on any atom is 2.00 e. The first kappa shape index (κ1) is 10.5. The smallest absolute Gasteiger partial charge is 0.545 e. The molecule has 0 fully saturated rings. The van der Waals surface area contributed by atoms with E-state index in [9.17, 15) is 9.90 Å². The van der Waals surface area contributed by atoms with Crippen LogP contribution in [0.4, 0.5) is 0 Å². The predicted octanol–water partition coefficient (Wildman–Crippen LogP) is 0.701. The van der Waals surface area contributed by atoms with E-state index in [-0.39, 0.29) is 22.1 Å².